The van der Waals surface area contributed by atoms with Crippen molar-refractivity contribution in [2.45, 2.75) is 70.1 Å². The van der Waals surface area contributed by atoms with Crippen LogP contribution in [0, 0.1) is 17.2 Å². The second kappa shape index (κ2) is 7.59. The van der Waals surface area contributed by atoms with Crippen molar-refractivity contribution < 1.29 is 13.9 Å². The molecule has 33 heavy (non-hydrogen) atoms. The summed E-state index contributed by atoms with van der Waals surface area (Å²) in [6.45, 7) is 6.75. The Hall–Kier alpha value is -2.85. The maximum atomic E-state index is 13.2. The molecule has 2 aliphatic carbocycles. The Labute approximate surface area is 194 Å². The van der Waals surface area contributed by atoms with E-state index in [0.717, 1.165) is 61.3 Å². The maximum Gasteiger partial charge on any atom is 0.257 e. The third kappa shape index (κ3) is 3.71. The van der Waals surface area contributed by atoms with Gasteiger partial charge in [0.1, 0.15) is 18.2 Å². The van der Waals surface area contributed by atoms with Gasteiger partial charge in [0.05, 0.1) is 41.3 Å². The number of pyridine rings is 1. The molecular weight excluding hydrogens is 416 g/mol. The second-order valence-electron chi connectivity index (χ2n) is 10.6. The first-order valence-corrected chi connectivity index (χ1v) is 12.1. The van der Waals surface area contributed by atoms with Crippen molar-refractivity contribution in [2.24, 2.45) is 5.92 Å². The van der Waals surface area contributed by atoms with Gasteiger partial charge in [-0.3, -0.25) is 4.79 Å². The van der Waals surface area contributed by atoms with Gasteiger partial charge < -0.3 is 19.0 Å². The number of nitrogens with zero attached hydrogens (tertiary/aromatic N) is 4. The molecule has 7 nitrogen and oxygen atoms in total. The number of furan rings is 1. The lowest BCUT2D eigenvalue weighted by molar-refractivity contribution is -0.0407. The van der Waals surface area contributed by atoms with Crippen molar-refractivity contribution in [3.8, 4) is 6.07 Å². The largest absolute Gasteiger partial charge is 0.472 e. The van der Waals surface area contributed by atoms with Crippen LogP contribution in [0.5, 0.6) is 0 Å². The number of fused-ring (bicyclic) bond motifs is 1. The van der Waals surface area contributed by atoms with Crippen molar-refractivity contribution in [3.63, 3.8) is 0 Å². The van der Waals surface area contributed by atoms with Crippen molar-refractivity contribution in [1.29, 1.82) is 5.26 Å². The van der Waals surface area contributed by atoms with Gasteiger partial charge in [-0.2, -0.15) is 5.26 Å². The Morgan fingerprint density at radius 1 is 1.21 bits per heavy atom. The van der Waals surface area contributed by atoms with Crippen LogP contribution in [-0.4, -0.2) is 47.1 Å². The van der Waals surface area contributed by atoms with E-state index in [-0.39, 0.29) is 17.6 Å². The third-order valence-corrected chi connectivity index (χ3v) is 7.62. The predicted molar refractivity (Wildman–Crippen MR) is 122 cm³/mol. The third-order valence-electron chi connectivity index (χ3n) is 7.62. The van der Waals surface area contributed by atoms with Crippen LogP contribution in [0.1, 0.15) is 78.2 Å². The number of carbonyl (C=O) groups is 1. The molecule has 0 radical (unpaired) electrons. The molecule has 4 heterocycles. The van der Waals surface area contributed by atoms with E-state index in [1.54, 1.807) is 12.3 Å². The molecule has 4 aliphatic rings. The molecule has 2 saturated carbocycles. The second-order valence-corrected chi connectivity index (χ2v) is 10.6. The highest BCUT2D eigenvalue weighted by Gasteiger charge is 2.43. The Kier molecular flexibility index (Phi) is 4.77. The van der Waals surface area contributed by atoms with Crippen molar-refractivity contribution in [3.05, 3.63) is 46.5 Å². The number of aromatic nitrogens is 1. The van der Waals surface area contributed by atoms with E-state index in [1.165, 1.54) is 6.26 Å². The lowest BCUT2D eigenvalue weighted by Crippen LogP contribution is -2.56. The lowest BCUT2D eigenvalue weighted by Gasteiger charge is -2.43. The highest BCUT2D eigenvalue weighted by atomic mass is 16.5. The van der Waals surface area contributed by atoms with Crippen LogP contribution in [0.25, 0.3) is 0 Å². The Morgan fingerprint density at radius 3 is 2.70 bits per heavy atom. The summed E-state index contributed by atoms with van der Waals surface area (Å²) in [7, 11) is 0. The zero-order valence-corrected chi connectivity index (χ0v) is 19.3. The monoisotopic (exact) mass is 446 g/mol. The Bertz CT molecular complexity index is 1130. The summed E-state index contributed by atoms with van der Waals surface area (Å²) >= 11 is 0. The number of ether oxygens (including phenoxy) is 1. The molecule has 0 N–H and O–H groups in total. The van der Waals surface area contributed by atoms with E-state index in [0.29, 0.717) is 42.7 Å². The first kappa shape index (κ1) is 20.7. The number of anilines is 1. The van der Waals surface area contributed by atoms with Gasteiger partial charge in [-0.1, -0.05) is 0 Å². The smallest absolute Gasteiger partial charge is 0.257 e. The van der Waals surface area contributed by atoms with E-state index in [4.69, 9.17) is 14.1 Å². The minimum absolute atomic E-state index is 0.0387. The number of amides is 1. The number of hydrogen-bond acceptors (Lipinski definition) is 6. The van der Waals surface area contributed by atoms with Crippen molar-refractivity contribution in [2.75, 3.05) is 24.5 Å². The minimum Gasteiger partial charge on any atom is -0.472 e. The van der Waals surface area contributed by atoms with Crippen LogP contribution < -0.4 is 4.90 Å². The van der Waals surface area contributed by atoms with E-state index in [1.807, 2.05) is 4.90 Å². The van der Waals surface area contributed by atoms with Crippen LogP contribution in [-0.2, 0) is 17.8 Å². The van der Waals surface area contributed by atoms with Gasteiger partial charge in [0.25, 0.3) is 5.91 Å². The van der Waals surface area contributed by atoms with Gasteiger partial charge in [-0.15, -0.1) is 0 Å². The summed E-state index contributed by atoms with van der Waals surface area (Å²) in [5.41, 5.74) is 4.43. The number of piperazine rings is 1. The summed E-state index contributed by atoms with van der Waals surface area (Å²) in [5.74, 6) is 1.86. The molecule has 1 atom stereocenters. The number of hydrogen-bond donors (Lipinski definition) is 0. The number of rotatable bonds is 4. The molecule has 3 fully saturated rings. The molecule has 1 saturated heterocycles. The quantitative estimate of drug-likeness (QED) is 0.706. The van der Waals surface area contributed by atoms with Crippen LogP contribution >= 0.6 is 0 Å². The standard InChI is InChI=1S/C26H30N4O3/c1-26(2)11-19-20(12-27)24(28-23(17-5-6-17)21(19)15-33-26)29-8-9-30(22(13-29)16-3-4-16)25(31)18-7-10-32-14-18/h7,10,14,16-17,22H,3-6,8-9,11,13,15H2,1-2H3. The average Bonchev–Trinajstić information content (AvgIpc) is 3.75. The summed E-state index contributed by atoms with van der Waals surface area (Å²) in [5, 5.41) is 10.2. The fourth-order valence-electron chi connectivity index (χ4n) is 5.51. The molecule has 0 spiro atoms. The van der Waals surface area contributed by atoms with Gasteiger partial charge in [0, 0.05) is 37.5 Å². The molecule has 1 amide bonds. The summed E-state index contributed by atoms with van der Waals surface area (Å²) in [6.07, 6.45) is 8.42. The van der Waals surface area contributed by atoms with Crippen LogP contribution in [0.4, 0.5) is 5.82 Å². The lowest BCUT2D eigenvalue weighted by atomic mass is 9.87. The average molecular weight is 447 g/mol. The molecule has 0 bridgehead atoms. The van der Waals surface area contributed by atoms with Crippen molar-refractivity contribution in [1.82, 2.24) is 9.88 Å². The fraction of sp³-hybridized carbons (Fsp3) is 0.577. The van der Waals surface area contributed by atoms with Crippen LogP contribution in [0.2, 0.25) is 0 Å². The Balaban J connectivity index is 1.36. The number of nitriles is 1. The zero-order valence-electron chi connectivity index (χ0n) is 19.3. The topological polar surface area (TPSA) is 82.6 Å². The highest BCUT2D eigenvalue weighted by molar-refractivity contribution is 5.94. The summed E-state index contributed by atoms with van der Waals surface area (Å²) in [4.78, 5) is 22.6. The van der Waals surface area contributed by atoms with E-state index < -0.39 is 0 Å². The van der Waals surface area contributed by atoms with Gasteiger partial charge in [-0.25, -0.2) is 4.98 Å². The molecule has 2 aliphatic heterocycles. The number of carbonyl (C=O) groups excluding carboxylic acids is 1. The van der Waals surface area contributed by atoms with Gasteiger partial charge in [0.2, 0.25) is 0 Å². The molecule has 2 aromatic rings. The van der Waals surface area contributed by atoms with Crippen LogP contribution in [0.15, 0.2) is 23.0 Å². The van der Waals surface area contributed by atoms with E-state index in [2.05, 4.69) is 24.8 Å². The van der Waals surface area contributed by atoms with E-state index in [9.17, 15) is 10.1 Å². The molecule has 172 valence electrons. The predicted octanol–water partition coefficient (Wildman–Crippen LogP) is 4.02. The molecule has 0 aromatic carbocycles. The molecular formula is C26H30N4O3. The SMILES string of the molecule is CC1(C)Cc2c(C#N)c(N3CCN(C(=O)c4ccoc4)C(C4CC4)C3)nc(C3CC3)c2CO1. The maximum absolute atomic E-state index is 13.2. The van der Waals surface area contributed by atoms with Crippen molar-refractivity contribution >= 4 is 11.7 Å². The minimum atomic E-state index is -0.287. The van der Waals surface area contributed by atoms with Gasteiger partial charge in [-0.05, 0) is 57.1 Å². The summed E-state index contributed by atoms with van der Waals surface area (Å²) in [6, 6.07) is 4.38. The first-order chi connectivity index (χ1) is 15.9. The molecule has 7 heteroatoms. The summed E-state index contributed by atoms with van der Waals surface area (Å²) < 4.78 is 11.3. The van der Waals surface area contributed by atoms with E-state index >= 15 is 0 Å². The van der Waals surface area contributed by atoms with Gasteiger partial charge in [0.15, 0.2) is 0 Å². The zero-order chi connectivity index (χ0) is 22.7. The molecule has 1 unspecified atom stereocenters. The van der Waals surface area contributed by atoms with Crippen LogP contribution in [0.3, 0.4) is 0 Å². The first-order valence-electron chi connectivity index (χ1n) is 12.1. The van der Waals surface area contributed by atoms with Gasteiger partial charge >= 0.3 is 0 Å². The Morgan fingerprint density at radius 2 is 2.03 bits per heavy atom. The molecule has 6 rings (SSSR count). The molecule has 2 aromatic heterocycles. The fourth-order valence-corrected chi connectivity index (χ4v) is 5.51. The highest BCUT2D eigenvalue weighted by Crippen LogP contribution is 2.46. The normalized spacial score (nSPS) is 24.3.